The summed E-state index contributed by atoms with van der Waals surface area (Å²) in [6.45, 7) is 5.81. The Morgan fingerprint density at radius 2 is 1.97 bits per heavy atom. The second kappa shape index (κ2) is 9.29. The molecule has 1 aliphatic carbocycles. The fourth-order valence-electron chi connectivity index (χ4n) is 6.64. The quantitative estimate of drug-likeness (QED) is 0.546. The summed E-state index contributed by atoms with van der Waals surface area (Å²) in [6, 6.07) is -1.22. The minimum atomic E-state index is -1.03. The van der Waals surface area contributed by atoms with Gasteiger partial charge in [-0.1, -0.05) is 33.1 Å². The molecule has 32 heavy (non-hydrogen) atoms. The van der Waals surface area contributed by atoms with Crippen molar-refractivity contribution < 1.29 is 29.0 Å². The van der Waals surface area contributed by atoms with Crippen molar-refractivity contribution in [1.82, 2.24) is 10.2 Å². The largest absolute Gasteiger partial charge is 0.466 e. The number of nitrogens with zero attached hydrogens (tertiary/aromatic N) is 1. The van der Waals surface area contributed by atoms with Crippen LogP contribution in [-0.2, 0) is 23.9 Å². The van der Waals surface area contributed by atoms with Crippen molar-refractivity contribution >= 4 is 17.8 Å². The number of esters is 1. The Kier molecular flexibility index (Phi) is 6.82. The first-order valence-corrected chi connectivity index (χ1v) is 12.4. The number of amides is 2. The summed E-state index contributed by atoms with van der Waals surface area (Å²) in [5.74, 6) is -2.07. The van der Waals surface area contributed by atoms with Crippen LogP contribution in [0.5, 0.6) is 0 Å². The van der Waals surface area contributed by atoms with Gasteiger partial charge in [0.2, 0.25) is 11.8 Å². The van der Waals surface area contributed by atoms with E-state index in [2.05, 4.69) is 5.32 Å². The van der Waals surface area contributed by atoms with E-state index in [0.717, 1.165) is 25.7 Å². The first-order valence-electron chi connectivity index (χ1n) is 12.4. The van der Waals surface area contributed by atoms with Crippen molar-refractivity contribution in [3.8, 4) is 0 Å². The van der Waals surface area contributed by atoms with Gasteiger partial charge in [0.25, 0.3) is 0 Å². The Labute approximate surface area is 190 Å². The van der Waals surface area contributed by atoms with Crippen molar-refractivity contribution in [2.75, 3.05) is 13.2 Å². The molecule has 4 aliphatic rings. The summed E-state index contributed by atoms with van der Waals surface area (Å²) in [5.41, 5.74) is -1.03. The summed E-state index contributed by atoms with van der Waals surface area (Å²) >= 11 is 0. The number of carbonyl (C=O) groups excluding carboxylic acids is 3. The van der Waals surface area contributed by atoms with Gasteiger partial charge in [-0.25, -0.2) is 0 Å². The molecule has 0 aromatic rings. The van der Waals surface area contributed by atoms with Crippen molar-refractivity contribution in [1.29, 1.82) is 0 Å². The van der Waals surface area contributed by atoms with E-state index in [1.54, 1.807) is 11.8 Å². The number of hydrogen-bond acceptors (Lipinski definition) is 6. The van der Waals surface area contributed by atoms with E-state index >= 15 is 0 Å². The number of fused-ring (bicyclic) bond motifs is 1. The van der Waals surface area contributed by atoms with Crippen LogP contribution in [0.4, 0.5) is 0 Å². The highest BCUT2D eigenvalue weighted by Crippen LogP contribution is 2.59. The standard InChI is InChI=1S/C24H38N2O6/c1-4-31-23(30)18-17-10-11-24(32-17)19(18)22(29)26(16(13-27)12-14(2)3)20(24)21(28)25-15-8-6-5-7-9-15/h14-20,27H,4-13H2,1-3H3,(H,25,28)/t16-,17-,18+,19+,20?,24?/m1/s1. The summed E-state index contributed by atoms with van der Waals surface area (Å²) in [6.07, 6.45) is 6.59. The highest BCUT2D eigenvalue weighted by atomic mass is 16.6. The molecule has 0 aromatic carbocycles. The Morgan fingerprint density at radius 3 is 2.59 bits per heavy atom. The van der Waals surface area contributed by atoms with E-state index in [1.807, 2.05) is 13.8 Å². The van der Waals surface area contributed by atoms with Gasteiger partial charge in [-0.05, 0) is 44.9 Å². The summed E-state index contributed by atoms with van der Waals surface area (Å²) in [7, 11) is 0. The van der Waals surface area contributed by atoms with Gasteiger partial charge in [-0.2, -0.15) is 0 Å². The number of hydrogen-bond donors (Lipinski definition) is 2. The third-order valence-corrected chi connectivity index (χ3v) is 7.84. The summed E-state index contributed by atoms with van der Waals surface area (Å²) < 4.78 is 11.7. The van der Waals surface area contributed by atoms with Crippen LogP contribution < -0.4 is 5.32 Å². The van der Waals surface area contributed by atoms with Crippen LogP contribution in [0.15, 0.2) is 0 Å². The maximum atomic E-state index is 13.8. The molecule has 3 heterocycles. The zero-order valence-corrected chi connectivity index (χ0v) is 19.5. The van der Waals surface area contributed by atoms with Crippen molar-refractivity contribution in [2.24, 2.45) is 17.8 Å². The van der Waals surface area contributed by atoms with E-state index in [-0.39, 0.29) is 37.0 Å². The number of aliphatic hydroxyl groups excluding tert-OH is 1. The number of ether oxygens (including phenoxy) is 2. The fourth-order valence-corrected chi connectivity index (χ4v) is 6.64. The van der Waals surface area contributed by atoms with Gasteiger partial charge in [0, 0.05) is 6.04 Å². The van der Waals surface area contributed by atoms with E-state index in [1.165, 1.54) is 6.42 Å². The molecule has 2 amide bonds. The van der Waals surface area contributed by atoms with Crippen LogP contribution in [0.2, 0.25) is 0 Å². The molecule has 0 aromatic heterocycles. The SMILES string of the molecule is CCOC(=O)[C@@H]1[C@H]2C(=O)N([C@@H](CO)CC(C)C)C(C(=O)NC3CCCCC3)C23CC[C@H]1O3. The van der Waals surface area contributed by atoms with Gasteiger partial charge in [0.15, 0.2) is 0 Å². The molecule has 4 fully saturated rings. The third kappa shape index (κ3) is 3.83. The highest BCUT2D eigenvalue weighted by Gasteiger charge is 2.75. The van der Waals surface area contributed by atoms with Crippen molar-refractivity contribution in [3.05, 3.63) is 0 Å². The molecule has 6 atom stereocenters. The average Bonchev–Trinajstić information content (AvgIpc) is 3.40. The van der Waals surface area contributed by atoms with Crippen LogP contribution >= 0.6 is 0 Å². The lowest BCUT2D eigenvalue weighted by Gasteiger charge is -2.38. The smallest absolute Gasteiger partial charge is 0.312 e. The van der Waals surface area contributed by atoms with Gasteiger partial charge < -0.3 is 24.8 Å². The molecular weight excluding hydrogens is 412 g/mol. The molecule has 2 unspecified atom stereocenters. The molecule has 8 nitrogen and oxygen atoms in total. The van der Waals surface area contributed by atoms with Crippen molar-refractivity contribution in [3.63, 3.8) is 0 Å². The number of nitrogens with one attached hydrogen (secondary N) is 1. The minimum absolute atomic E-state index is 0.0979. The van der Waals surface area contributed by atoms with Crippen LogP contribution in [0.3, 0.4) is 0 Å². The Hall–Kier alpha value is -1.67. The molecule has 3 saturated heterocycles. The van der Waals surface area contributed by atoms with E-state index in [0.29, 0.717) is 19.3 Å². The second-order valence-corrected chi connectivity index (χ2v) is 10.4. The predicted octanol–water partition coefficient (Wildman–Crippen LogP) is 1.78. The molecule has 1 saturated carbocycles. The Morgan fingerprint density at radius 1 is 1.25 bits per heavy atom. The predicted molar refractivity (Wildman–Crippen MR) is 116 cm³/mol. The lowest BCUT2D eigenvalue weighted by molar-refractivity contribution is -0.155. The first kappa shape index (κ1) is 23.5. The van der Waals surface area contributed by atoms with Crippen molar-refractivity contribution in [2.45, 2.75) is 102 Å². The topological polar surface area (TPSA) is 105 Å². The fraction of sp³-hybridized carbons (Fsp3) is 0.875. The van der Waals surface area contributed by atoms with Gasteiger partial charge in [0.05, 0.1) is 37.2 Å². The summed E-state index contributed by atoms with van der Waals surface area (Å²) in [5, 5.41) is 13.4. The maximum absolute atomic E-state index is 13.8. The molecule has 8 heteroatoms. The number of carbonyl (C=O) groups is 3. The molecule has 0 radical (unpaired) electrons. The number of rotatable bonds is 8. The lowest BCUT2D eigenvalue weighted by atomic mass is 9.70. The van der Waals surface area contributed by atoms with E-state index in [4.69, 9.17) is 9.47 Å². The van der Waals surface area contributed by atoms with Crippen LogP contribution in [0.1, 0.15) is 72.1 Å². The van der Waals surface area contributed by atoms with Gasteiger partial charge in [-0.15, -0.1) is 0 Å². The average molecular weight is 451 g/mol. The van der Waals surface area contributed by atoms with Gasteiger partial charge >= 0.3 is 5.97 Å². The van der Waals surface area contributed by atoms with E-state index < -0.39 is 41.6 Å². The lowest BCUT2D eigenvalue weighted by Crippen LogP contribution is -2.59. The van der Waals surface area contributed by atoms with Crippen LogP contribution in [-0.4, -0.2) is 70.8 Å². The third-order valence-electron chi connectivity index (χ3n) is 7.84. The van der Waals surface area contributed by atoms with Gasteiger partial charge in [0.1, 0.15) is 11.6 Å². The van der Waals surface area contributed by atoms with Gasteiger partial charge in [-0.3, -0.25) is 14.4 Å². The highest BCUT2D eigenvalue weighted by molar-refractivity contribution is 5.98. The maximum Gasteiger partial charge on any atom is 0.312 e. The first-order chi connectivity index (χ1) is 15.3. The molecule has 4 rings (SSSR count). The minimum Gasteiger partial charge on any atom is -0.466 e. The van der Waals surface area contributed by atoms with Crippen LogP contribution in [0.25, 0.3) is 0 Å². The zero-order valence-electron chi connectivity index (χ0n) is 19.5. The normalized spacial score (nSPS) is 35.3. The molecule has 2 bridgehead atoms. The zero-order chi connectivity index (χ0) is 23.0. The van der Waals surface area contributed by atoms with Crippen LogP contribution in [0, 0.1) is 17.8 Å². The molecule has 2 N–H and O–H groups in total. The number of aliphatic hydroxyl groups is 1. The van der Waals surface area contributed by atoms with E-state index in [9.17, 15) is 19.5 Å². The Bertz CT molecular complexity index is 736. The summed E-state index contributed by atoms with van der Waals surface area (Å²) in [4.78, 5) is 41.9. The molecule has 1 spiro atoms. The molecule has 3 aliphatic heterocycles. The molecule has 180 valence electrons. The molecular formula is C24H38N2O6. The monoisotopic (exact) mass is 450 g/mol. The second-order valence-electron chi connectivity index (χ2n) is 10.4. The Balaban J connectivity index is 1.69. The number of likely N-dealkylation sites (tertiary alicyclic amines) is 1.